The fourth-order valence-electron chi connectivity index (χ4n) is 5.92. The summed E-state index contributed by atoms with van der Waals surface area (Å²) in [5, 5.41) is 36.3. The number of hydrogen-bond donors (Lipinski definition) is 4. The molecule has 2 aliphatic heterocycles. The summed E-state index contributed by atoms with van der Waals surface area (Å²) in [7, 11) is -5.98. The molecule has 0 radical (unpaired) electrons. The summed E-state index contributed by atoms with van der Waals surface area (Å²) in [6.45, 7) is 4.81. The second kappa shape index (κ2) is 21.7. The normalized spacial score (nSPS) is 22.5. The summed E-state index contributed by atoms with van der Waals surface area (Å²) in [6.07, 6.45) is 4.84. The molecule has 282 valence electrons. The van der Waals surface area contributed by atoms with Crippen LogP contribution in [0.2, 0.25) is 0 Å². The van der Waals surface area contributed by atoms with Crippen molar-refractivity contribution in [3.05, 3.63) is 58.7 Å². The Bertz CT molecular complexity index is 1650. The molecule has 2 aromatic rings. The summed E-state index contributed by atoms with van der Waals surface area (Å²) in [4.78, 5) is 22.9. The molecule has 14 nitrogen and oxygen atoms in total. The summed E-state index contributed by atoms with van der Waals surface area (Å²) >= 11 is 0. The van der Waals surface area contributed by atoms with Crippen molar-refractivity contribution < 1.29 is 91.4 Å². The number of nitrogens with zero attached hydrogens (tertiary/aromatic N) is 1. The fraction of sp³-hybridized carbons (Fsp3) is 0.588. The number of esters is 1. The molecule has 1 aliphatic carbocycles. The molecule has 0 aromatic heterocycles. The number of benzene rings is 2. The van der Waals surface area contributed by atoms with E-state index in [1.807, 2.05) is 0 Å². The molecule has 2 aromatic carbocycles. The summed E-state index contributed by atoms with van der Waals surface area (Å²) in [6, 6.07) is 8.68. The van der Waals surface area contributed by atoms with Gasteiger partial charge in [0.1, 0.15) is 0 Å². The standard InChI is InChI=1S/C15H21NO5S.C15H20O5S.C4H8O2.Na.H2O/c1-11-8-12(15(18)21-2)10-14(9-11)22(19,20)16-6-3-4-13(17)5-7-16;1-10-7-11(15(17)18)9-14(8-10)21(19,20)13-4-2-3-12(16)5-6-13;5-4-2-1-3-6-4;;/h8-10,13,17H,3-7H2,1-2H3;7-9,12-13,16H,2-6H2,1H3,(H,17,18);4-5H,1-3H2;;1H2/q;;;+1;/p-1. The number of aliphatic hydroxyl groups is 3. The number of carbonyl (C=O) groups is 2. The first-order valence-corrected chi connectivity index (χ1v) is 19.5. The van der Waals surface area contributed by atoms with Crippen molar-refractivity contribution in [2.24, 2.45) is 0 Å². The molecular weight excluding hydrogens is 717 g/mol. The van der Waals surface area contributed by atoms with E-state index in [1.54, 1.807) is 26.0 Å². The van der Waals surface area contributed by atoms with Crippen molar-refractivity contribution in [1.82, 2.24) is 4.31 Å². The molecule has 3 aliphatic rings. The average molecular weight is 768 g/mol. The molecule has 17 heteroatoms. The number of aliphatic hydroxyl groups excluding tert-OH is 3. The van der Waals surface area contributed by atoms with Crippen LogP contribution in [0.15, 0.2) is 46.2 Å². The van der Waals surface area contributed by atoms with Crippen LogP contribution in [0.3, 0.4) is 0 Å². The van der Waals surface area contributed by atoms with Crippen LogP contribution < -0.4 is 29.6 Å². The molecule has 5 N–H and O–H groups in total. The zero-order valence-electron chi connectivity index (χ0n) is 29.7. The molecule has 4 atom stereocenters. The summed E-state index contributed by atoms with van der Waals surface area (Å²) in [5.41, 5.74) is 1.50. The van der Waals surface area contributed by atoms with Crippen LogP contribution in [-0.2, 0) is 29.3 Å². The zero-order chi connectivity index (χ0) is 36.4. The Balaban J connectivity index is 0.000000423. The first-order valence-electron chi connectivity index (χ1n) is 16.5. The molecule has 5 rings (SSSR count). The van der Waals surface area contributed by atoms with Gasteiger partial charge in [-0.1, -0.05) is 0 Å². The maximum Gasteiger partial charge on any atom is 1.00 e. The van der Waals surface area contributed by atoms with Gasteiger partial charge in [0.05, 0.1) is 45.5 Å². The van der Waals surface area contributed by atoms with Gasteiger partial charge < -0.3 is 35.4 Å². The Labute approximate surface area is 322 Å². The Morgan fingerprint density at radius 2 is 1.33 bits per heavy atom. The van der Waals surface area contributed by atoms with Gasteiger partial charge in [-0.25, -0.2) is 26.4 Å². The van der Waals surface area contributed by atoms with Crippen LogP contribution in [-0.4, -0.2) is 110 Å². The van der Waals surface area contributed by atoms with Gasteiger partial charge in [0.2, 0.25) is 10.0 Å². The molecule has 0 spiro atoms. The van der Waals surface area contributed by atoms with E-state index < -0.39 is 55.5 Å². The largest absolute Gasteiger partial charge is 1.00 e. The monoisotopic (exact) mass is 767 g/mol. The topological polar surface area (TPSA) is 235 Å². The van der Waals surface area contributed by atoms with Crippen molar-refractivity contribution in [3.8, 4) is 0 Å². The number of ether oxygens (including phenoxy) is 2. The van der Waals surface area contributed by atoms with E-state index in [9.17, 15) is 36.6 Å². The molecule has 4 unspecified atom stereocenters. The average Bonchev–Trinajstić information content (AvgIpc) is 3.27. The van der Waals surface area contributed by atoms with E-state index in [1.165, 1.54) is 35.7 Å². The quantitative estimate of drug-likeness (QED) is 0.178. The van der Waals surface area contributed by atoms with Gasteiger partial charge in [-0.2, -0.15) is 4.31 Å². The van der Waals surface area contributed by atoms with Crippen LogP contribution in [0, 0.1) is 13.8 Å². The molecule has 2 heterocycles. The van der Waals surface area contributed by atoms with Gasteiger partial charge in [0.15, 0.2) is 16.1 Å². The first kappa shape index (κ1) is 47.1. The predicted octanol–water partition coefficient (Wildman–Crippen LogP) is 0.420. The minimum atomic E-state index is -3.68. The van der Waals surface area contributed by atoms with Gasteiger partial charge >= 0.3 is 41.5 Å². The molecule has 1 saturated carbocycles. The van der Waals surface area contributed by atoms with E-state index in [-0.39, 0.29) is 62.5 Å². The maximum absolute atomic E-state index is 12.8. The Morgan fingerprint density at radius 3 is 1.90 bits per heavy atom. The predicted molar refractivity (Wildman–Crippen MR) is 182 cm³/mol. The van der Waals surface area contributed by atoms with Crippen molar-refractivity contribution >= 4 is 31.8 Å². The van der Waals surface area contributed by atoms with Gasteiger partial charge in [0.25, 0.3) is 0 Å². The molecule has 2 saturated heterocycles. The minimum absolute atomic E-state index is 0. The number of rotatable bonds is 6. The van der Waals surface area contributed by atoms with E-state index in [0.717, 1.165) is 19.4 Å². The van der Waals surface area contributed by atoms with E-state index >= 15 is 0 Å². The number of sulfone groups is 1. The van der Waals surface area contributed by atoms with Gasteiger partial charge in [-0.3, -0.25) is 0 Å². The number of aryl methyl sites for hydroxylation is 2. The van der Waals surface area contributed by atoms with Crippen LogP contribution in [0.4, 0.5) is 0 Å². The van der Waals surface area contributed by atoms with E-state index in [0.29, 0.717) is 69.0 Å². The smallest absolute Gasteiger partial charge is 0.870 e. The molecule has 3 fully saturated rings. The van der Waals surface area contributed by atoms with Crippen LogP contribution in [0.5, 0.6) is 0 Å². The maximum atomic E-state index is 12.8. The Morgan fingerprint density at radius 1 is 0.745 bits per heavy atom. The van der Waals surface area contributed by atoms with Gasteiger partial charge in [0, 0.05) is 26.1 Å². The molecule has 0 bridgehead atoms. The number of aromatic carboxylic acids is 1. The second-order valence-electron chi connectivity index (χ2n) is 12.7. The second-order valence-corrected chi connectivity index (χ2v) is 16.8. The number of carboxylic acid groups (broad SMARTS) is 1. The third kappa shape index (κ3) is 14.1. The van der Waals surface area contributed by atoms with Crippen molar-refractivity contribution in [2.75, 3.05) is 26.8 Å². The van der Waals surface area contributed by atoms with E-state index in [2.05, 4.69) is 4.74 Å². The van der Waals surface area contributed by atoms with Crippen LogP contribution >= 0.6 is 0 Å². The van der Waals surface area contributed by atoms with Gasteiger partial charge in [-0.15, -0.1) is 0 Å². The minimum Gasteiger partial charge on any atom is -0.870 e. The molecule has 0 amide bonds. The Kier molecular flexibility index (Phi) is 20.0. The van der Waals surface area contributed by atoms with Crippen molar-refractivity contribution in [3.63, 3.8) is 0 Å². The van der Waals surface area contributed by atoms with Crippen molar-refractivity contribution in [2.45, 2.75) is 112 Å². The number of carboxylic acids is 1. The summed E-state index contributed by atoms with van der Waals surface area (Å²) in [5.74, 6) is -1.70. The zero-order valence-corrected chi connectivity index (χ0v) is 33.4. The third-order valence-electron chi connectivity index (χ3n) is 8.62. The van der Waals surface area contributed by atoms with Crippen LogP contribution in [0.25, 0.3) is 0 Å². The van der Waals surface area contributed by atoms with Crippen molar-refractivity contribution in [1.29, 1.82) is 0 Å². The number of hydrogen-bond acceptors (Lipinski definition) is 12. The summed E-state index contributed by atoms with van der Waals surface area (Å²) < 4.78 is 61.6. The third-order valence-corrected chi connectivity index (χ3v) is 12.7. The molecular formula is C34H50NNaO13S2. The number of sulfonamides is 1. The first-order chi connectivity index (χ1) is 23.0. The van der Waals surface area contributed by atoms with Gasteiger partial charge in [-0.05, 0) is 119 Å². The fourth-order valence-corrected chi connectivity index (χ4v) is 9.50. The molecule has 51 heavy (non-hydrogen) atoms. The van der Waals surface area contributed by atoms with E-state index in [4.69, 9.17) is 14.9 Å². The number of carbonyl (C=O) groups excluding carboxylic acids is 1. The Hall–Kier alpha value is -1.96. The number of methoxy groups -OCH3 is 1. The van der Waals surface area contributed by atoms with Crippen LogP contribution in [0.1, 0.15) is 96.1 Å². The SMILES string of the molecule is COC(=O)c1cc(C)cc(S(=O)(=O)N2CCCC(O)CC2)c1.Cc1cc(C(=O)O)cc(S(=O)(=O)C2CCCC(O)CC2)c1.OC1CCCO1.[Na+].[OH-].